The van der Waals surface area contributed by atoms with Crippen LogP contribution in [0.25, 0.3) is 0 Å². The lowest BCUT2D eigenvalue weighted by molar-refractivity contribution is -0.133. The molecule has 1 heterocycles. The average Bonchev–Trinajstić information content (AvgIpc) is 2.63. The van der Waals surface area contributed by atoms with Crippen molar-refractivity contribution in [3.8, 4) is 0 Å². The molecule has 2 rings (SSSR count). The molecule has 0 spiro atoms. The predicted octanol–water partition coefficient (Wildman–Crippen LogP) is 1.79. The van der Waals surface area contributed by atoms with Crippen molar-refractivity contribution < 1.29 is 14.0 Å². The van der Waals surface area contributed by atoms with Crippen molar-refractivity contribution in [2.24, 2.45) is 17.6 Å². The van der Waals surface area contributed by atoms with E-state index < -0.39 is 23.6 Å². The number of halogens is 1. The number of carbonyl (C=O) groups excluding carboxylic acids is 2. The smallest absolute Gasteiger partial charge is 0.223 e. The number of benzene rings is 1. The normalized spacial score (nSPS) is 13.0. The topological polar surface area (TPSA) is 111 Å². The number of nitrogens with zero attached hydrogens (tertiary/aromatic N) is 1. The maximum atomic E-state index is 13.4. The molecule has 0 saturated heterocycles. The van der Waals surface area contributed by atoms with Gasteiger partial charge < -0.3 is 16.8 Å². The molecule has 6 nitrogen and oxygen atoms in total. The lowest BCUT2D eigenvalue weighted by Gasteiger charge is -2.20. The number of nitrogen functional groups attached to an aromatic ring is 1. The summed E-state index contributed by atoms with van der Waals surface area (Å²) in [5.41, 5.74) is 12.4. The standard InChI is InChI=1S/C19H23FN4O2/c1-12(15(18(22)25)8-7-13-5-3-2-4-6-13)19(26)24-11-14-9-16(20)17(21)23-10-14/h2-6,9-10,12,15H,7-8,11H2,1H3,(H2,21,23)(H2,22,25)(H,24,26)/t12-,15?/m0/s1. The van der Waals surface area contributed by atoms with Crippen molar-refractivity contribution >= 4 is 17.6 Å². The summed E-state index contributed by atoms with van der Waals surface area (Å²) in [4.78, 5) is 27.9. The van der Waals surface area contributed by atoms with Crippen LogP contribution in [-0.4, -0.2) is 16.8 Å². The van der Waals surface area contributed by atoms with E-state index in [9.17, 15) is 14.0 Å². The second kappa shape index (κ2) is 8.94. The van der Waals surface area contributed by atoms with Gasteiger partial charge in [0.1, 0.15) is 0 Å². The van der Waals surface area contributed by atoms with Crippen molar-refractivity contribution in [2.75, 3.05) is 5.73 Å². The second-order valence-electron chi connectivity index (χ2n) is 6.25. The number of pyridine rings is 1. The van der Waals surface area contributed by atoms with Crippen LogP contribution in [0.15, 0.2) is 42.6 Å². The number of nitrogens with two attached hydrogens (primary N) is 2. The summed E-state index contributed by atoms with van der Waals surface area (Å²) in [7, 11) is 0. The Morgan fingerprint density at radius 1 is 1.23 bits per heavy atom. The molecule has 1 aromatic carbocycles. The Morgan fingerprint density at radius 2 is 1.92 bits per heavy atom. The van der Waals surface area contributed by atoms with Crippen molar-refractivity contribution in [3.05, 3.63) is 59.5 Å². The molecule has 5 N–H and O–H groups in total. The van der Waals surface area contributed by atoms with Crippen LogP contribution in [0.1, 0.15) is 24.5 Å². The Kier molecular flexibility index (Phi) is 6.66. The molecule has 0 saturated carbocycles. The van der Waals surface area contributed by atoms with Gasteiger partial charge in [-0.25, -0.2) is 9.37 Å². The van der Waals surface area contributed by atoms with E-state index in [1.807, 2.05) is 30.3 Å². The molecular formula is C19H23FN4O2. The number of hydrogen-bond donors (Lipinski definition) is 3. The predicted molar refractivity (Wildman–Crippen MR) is 97.1 cm³/mol. The van der Waals surface area contributed by atoms with Gasteiger partial charge in [0, 0.05) is 24.6 Å². The van der Waals surface area contributed by atoms with E-state index in [4.69, 9.17) is 11.5 Å². The minimum Gasteiger partial charge on any atom is -0.381 e. The molecule has 0 fully saturated rings. The minimum atomic E-state index is -0.636. The molecule has 26 heavy (non-hydrogen) atoms. The summed E-state index contributed by atoms with van der Waals surface area (Å²) >= 11 is 0. The molecule has 0 bridgehead atoms. The highest BCUT2D eigenvalue weighted by Crippen LogP contribution is 2.19. The Morgan fingerprint density at radius 3 is 2.54 bits per heavy atom. The third-order valence-corrected chi connectivity index (χ3v) is 4.36. The van der Waals surface area contributed by atoms with Crippen LogP contribution in [-0.2, 0) is 22.6 Å². The minimum absolute atomic E-state index is 0.0948. The van der Waals surface area contributed by atoms with Gasteiger partial charge in [-0.2, -0.15) is 0 Å². The van der Waals surface area contributed by atoms with Gasteiger partial charge in [0.05, 0.1) is 0 Å². The van der Waals surface area contributed by atoms with E-state index >= 15 is 0 Å². The Balaban J connectivity index is 1.94. The number of nitrogens with one attached hydrogen (secondary N) is 1. The van der Waals surface area contributed by atoms with E-state index in [1.54, 1.807) is 6.92 Å². The number of aromatic nitrogens is 1. The molecule has 0 aliphatic heterocycles. The zero-order valence-corrected chi connectivity index (χ0v) is 14.6. The summed E-state index contributed by atoms with van der Waals surface area (Å²) in [6, 6.07) is 10.9. The summed E-state index contributed by atoms with van der Waals surface area (Å²) in [5, 5.41) is 2.68. The molecule has 1 unspecified atom stereocenters. The van der Waals surface area contributed by atoms with E-state index in [2.05, 4.69) is 10.3 Å². The maximum Gasteiger partial charge on any atom is 0.223 e. The van der Waals surface area contributed by atoms with Gasteiger partial charge in [-0.3, -0.25) is 9.59 Å². The molecular weight excluding hydrogens is 335 g/mol. The summed E-state index contributed by atoms with van der Waals surface area (Å²) < 4.78 is 13.4. The lowest BCUT2D eigenvalue weighted by Crippen LogP contribution is -2.39. The second-order valence-corrected chi connectivity index (χ2v) is 6.25. The largest absolute Gasteiger partial charge is 0.381 e. The number of hydrogen-bond acceptors (Lipinski definition) is 4. The van der Waals surface area contributed by atoms with Crippen LogP contribution in [0.2, 0.25) is 0 Å². The van der Waals surface area contributed by atoms with Crippen LogP contribution in [0, 0.1) is 17.7 Å². The molecule has 0 aliphatic carbocycles. The molecule has 138 valence electrons. The van der Waals surface area contributed by atoms with Gasteiger partial charge in [-0.15, -0.1) is 0 Å². The fraction of sp³-hybridized carbons (Fsp3) is 0.316. The molecule has 7 heteroatoms. The third-order valence-electron chi connectivity index (χ3n) is 4.36. The van der Waals surface area contributed by atoms with Gasteiger partial charge >= 0.3 is 0 Å². The number of amides is 2. The first-order valence-corrected chi connectivity index (χ1v) is 8.39. The average molecular weight is 358 g/mol. The Labute approximate surface area is 151 Å². The third kappa shape index (κ3) is 5.27. The maximum absolute atomic E-state index is 13.4. The fourth-order valence-electron chi connectivity index (χ4n) is 2.72. The first kappa shape index (κ1) is 19.4. The summed E-state index contributed by atoms with van der Waals surface area (Å²) in [6.45, 7) is 1.76. The fourth-order valence-corrected chi connectivity index (χ4v) is 2.72. The van der Waals surface area contributed by atoms with E-state index in [1.165, 1.54) is 12.3 Å². The summed E-state index contributed by atoms with van der Waals surface area (Å²) in [5.74, 6) is -2.84. The highest BCUT2D eigenvalue weighted by Gasteiger charge is 2.28. The molecule has 1 aromatic heterocycles. The zero-order valence-electron chi connectivity index (χ0n) is 14.6. The first-order chi connectivity index (χ1) is 12.4. The number of primary amides is 1. The Hall–Kier alpha value is -2.96. The van der Waals surface area contributed by atoms with Gasteiger partial charge in [0.25, 0.3) is 0 Å². The van der Waals surface area contributed by atoms with Gasteiger partial charge in [0.2, 0.25) is 11.8 Å². The quantitative estimate of drug-likeness (QED) is 0.668. The van der Waals surface area contributed by atoms with E-state index in [-0.39, 0.29) is 18.3 Å². The van der Waals surface area contributed by atoms with Crippen molar-refractivity contribution in [1.82, 2.24) is 10.3 Å². The molecule has 2 atom stereocenters. The van der Waals surface area contributed by atoms with Gasteiger partial charge in [-0.1, -0.05) is 37.3 Å². The van der Waals surface area contributed by atoms with Gasteiger partial charge in [-0.05, 0) is 30.0 Å². The number of rotatable bonds is 8. The van der Waals surface area contributed by atoms with Crippen LogP contribution in [0.5, 0.6) is 0 Å². The van der Waals surface area contributed by atoms with Crippen molar-refractivity contribution in [2.45, 2.75) is 26.3 Å². The molecule has 0 aliphatic rings. The first-order valence-electron chi connectivity index (χ1n) is 8.39. The Bertz CT molecular complexity index is 767. The van der Waals surface area contributed by atoms with E-state index in [0.29, 0.717) is 18.4 Å². The van der Waals surface area contributed by atoms with Crippen molar-refractivity contribution in [3.63, 3.8) is 0 Å². The molecule has 2 aromatic rings. The van der Waals surface area contributed by atoms with Crippen LogP contribution in [0.4, 0.5) is 10.2 Å². The summed E-state index contributed by atoms with van der Waals surface area (Å²) in [6.07, 6.45) is 2.52. The number of carbonyl (C=O) groups is 2. The monoisotopic (exact) mass is 358 g/mol. The molecule has 2 amide bonds. The number of aryl methyl sites for hydroxylation is 1. The number of anilines is 1. The van der Waals surface area contributed by atoms with Crippen molar-refractivity contribution in [1.29, 1.82) is 0 Å². The van der Waals surface area contributed by atoms with Gasteiger partial charge in [0.15, 0.2) is 11.6 Å². The SMILES string of the molecule is C[C@H](C(=O)NCc1cnc(N)c(F)c1)C(CCc1ccccc1)C(N)=O. The van der Waals surface area contributed by atoms with E-state index in [0.717, 1.165) is 5.56 Å². The van der Waals surface area contributed by atoms with Crippen LogP contribution >= 0.6 is 0 Å². The lowest BCUT2D eigenvalue weighted by atomic mass is 9.87. The van der Waals surface area contributed by atoms with Crippen LogP contribution < -0.4 is 16.8 Å². The van der Waals surface area contributed by atoms with Crippen LogP contribution in [0.3, 0.4) is 0 Å². The molecule has 0 radical (unpaired) electrons. The highest BCUT2D eigenvalue weighted by molar-refractivity contribution is 5.86. The highest BCUT2D eigenvalue weighted by atomic mass is 19.1. The zero-order chi connectivity index (χ0) is 19.1.